The van der Waals surface area contributed by atoms with Crippen molar-refractivity contribution >= 4 is 35.1 Å². The summed E-state index contributed by atoms with van der Waals surface area (Å²) >= 11 is 6.30. The Morgan fingerprint density at radius 1 is 0.833 bits per heavy atom. The van der Waals surface area contributed by atoms with Gasteiger partial charge in [-0.15, -0.1) is 0 Å². The highest BCUT2D eigenvalue weighted by Gasteiger charge is 2.19. The second kappa shape index (κ2) is 7.00. The van der Waals surface area contributed by atoms with Crippen molar-refractivity contribution in [3.8, 4) is 0 Å². The van der Waals surface area contributed by atoms with E-state index in [4.69, 9.17) is 11.6 Å². The minimum atomic E-state index is 0.797. The van der Waals surface area contributed by atoms with E-state index in [9.17, 15) is 0 Å². The van der Waals surface area contributed by atoms with Gasteiger partial charge in [0.05, 0.1) is 0 Å². The van der Waals surface area contributed by atoms with Crippen LogP contribution in [0.15, 0.2) is 42.5 Å². The molecule has 24 heavy (non-hydrogen) atoms. The summed E-state index contributed by atoms with van der Waals surface area (Å²) in [6.07, 6.45) is 8.29. The SMILES string of the molecule is Clc1ccc2c(c1)N(CCCN1CCCC1)c1ccccc1C=C2. The van der Waals surface area contributed by atoms with Crippen molar-refractivity contribution in [2.75, 3.05) is 31.1 Å². The van der Waals surface area contributed by atoms with Gasteiger partial charge in [-0.25, -0.2) is 0 Å². The predicted octanol–water partition coefficient (Wildman–Crippen LogP) is 5.45. The van der Waals surface area contributed by atoms with Crippen molar-refractivity contribution < 1.29 is 0 Å². The molecule has 2 nitrogen and oxygen atoms in total. The van der Waals surface area contributed by atoms with Crippen molar-refractivity contribution in [2.45, 2.75) is 19.3 Å². The fourth-order valence-corrected chi connectivity index (χ4v) is 3.94. The van der Waals surface area contributed by atoms with Crippen LogP contribution in [0.3, 0.4) is 0 Å². The first-order valence-corrected chi connectivity index (χ1v) is 9.26. The normalized spacial score (nSPS) is 16.8. The Balaban J connectivity index is 1.63. The molecular formula is C21H23ClN2. The quantitative estimate of drug-likeness (QED) is 0.731. The number of halogens is 1. The Kier molecular flexibility index (Phi) is 4.59. The van der Waals surface area contributed by atoms with Gasteiger partial charge in [0.2, 0.25) is 0 Å². The van der Waals surface area contributed by atoms with Crippen molar-refractivity contribution in [3.05, 3.63) is 58.6 Å². The van der Waals surface area contributed by atoms with Crippen LogP contribution in [0.1, 0.15) is 30.4 Å². The third kappa shape index (κ3) is 3.22. The predicted molar refractivity (Wildman–Crippen MR) is 104 cm³/mol. The van der Waals surface area contributed by atoms with Gasteiger partial charge in [0, 0.05) is 22.9 Å². The van der Waals surface area contributed by atoms with Crippen LogP contribution in [0, 0.1) is 0 Å². The fourth-order valence-electron chi connectivity index (χ4n) is 3.77. The Hall–Kier alpha value is -1.77. The van der Waals surface area contributed by atoms with E-state index in [2.05, 4.69) is 58.4 Å². The summed E-state index contributed by atoms with van der Waals surface area (Å²) in [6, 6.07) is 14.8. The third-order valence-electron chi connectivity index (χ3n) is 5.01. The molecule has 3 heteroatoms. The summed E-state index contributed by atoms with van der Waals surface area (Å²) in [6.45, 7) is 4.73. The van der Waals surface area contributed by atoms with Gasteiger partial charge in [-0.1, -0.05) is 48.0 Å². The molecular weight excluding hydrogens is 316 g/mol. The van der Waals surface area contributed by atoms with Gasteiger partial charge in [-0.05, 0) is 68.2 Å². The molecule has 0 amide bonds. The van der Waals surface area contributed by atoms with Crippen LogP contribution in [0.2, 0.25) is 5.02 Å². The van der Waals surface area contributed by atoms with Gasteiger partial charge in [0.15, 0.2) is 0 Å². The highest BCUT2D eigenvalue weighted by atomic mass is 35.5. The monoisotopic (exact) mass is 338 g/mol. The zero-order valence-corrected chi connectivity index (χ0v) is 14.7. The summed E-state index contributed by atoms with van der Waals surface area (Å²) in [4.78, 5) is 5.02. The average Bonchev–Trinajstić information content (AvgIpc) is 3.06. The Labute approximate surface area is 149 Å². The van der Waals surface area contributed by atoms with Crippen LogP contribution < -0.4 is 4.90 Å². The first kappa shape index (κ1) is 15.7. The number of benzene rings is 2. The number of hydrogen-bond donors (Lipinski definition) is 0. The molecule has 1 saturated heterocycles. The molecule has 2 aliphatic heterocycles. The van der Waals surface area contributed by atoms with Gasteiger partial charge in [-0.2, -0.15) is 0 Å². The lowest BCUT2D eigenvalue weighted by Gasteiger charge is -2.28. The van der Waals surface area contributed by atoms with E-state index in [0.717, 1.165) is 11.6 Å². The number of fused-ring (bicyclic) bond motifs is 2. The van der Waals surface area contributed by atoms with Crippen LogP contribution in [-0.4, -0.2) is 31.1 Å². The summed E-state index contributed by atoms with van der Waals surface area (Å²) < 4.78 is 0. The average molecular weight is 339 g/mol. The first-order valence-electron chi connectivity index (χ1n) is 8.88. The van der Waals surface area contributed by atoms with E-state index in [1.807, 2.05) is 6.07 Å². The van der Waals surface area contributed by atoms with Crippen molar-refractivity contribution in [3.63, 3.8) is 0 Å². The lowest BCUT2D eigenvalue weighted by molar-refractivity contribution is 0.336. The molecule has 0 spiro atoms. The molecule has 2 heterocycles. The topological polar surface area (TPSA) is 6.48 Å². The molecule has 0 saturated carbocycles. The second-order valence-electron chi connectivity index (χ2n) is 6.65. The molecule has 0 atom stereocenters. The largest absolute Gasteiger partial charge is 0.340 e. The lowest BCUT2D eigenvalue weighted by Crippen LogP contribution is -2.26. The van der Waals surface area contributed by atoms with Crippen LogP contribution in [0.4, 0.5) is 11.4 Å². The molecule has 0 N–H and O–H groups in total. The van der Waals surface area contributed by atoms with E-state index >= 15 is 0 Å². The first-order chi connectivity index (χ1) is 11.8. The summed E-state index contributed by atoms with van der Waals surface area (Å²) in [5, 5.41) is 0.797. The number of rotatable bonds is 4. The van der Waals surface area contributed by atoms with Gasteiger partial charge in [-0.3, -0.25) is 0 Å². The number of likely N-dealkylation sites (tertiary alicyclic amines) is 1. The maximum Gasteiger partial charge on any atom is 0.0499 e. The summed E-state index contributed by atoms with van der Waals surface area (Å²) in [7, 11) is 0. The Bertz CT molecular complexity index is 747. The molecule has 1 fully saturated rings. The van der Waals surface area contributed by atoms with Crippen molar-refractivity contribution in [1.29, 1.82) is 0 Å². The van der Waals surface area contributed by atoms with Gasteiger partial charge in [0.25, 0.3) is 0 Å². The van der Waals surface area contributed by atoms with Crippen LogP contribution in [0.25, 0.3) is 12.2 Å². The minimum absolute atomic E-state index is 0.797. The van der Waals surface area contributed by atoms with E-state index in [1.165, 1.54) is 61.4 Å². The third-order valence-corrected chi connectivity index (χ3v) is 5.24. The van der Waals surface area contributed by atoms with E-state index in [-0.39, 0.29) is 0 Å². The Morgan fingerprint density at radius 3 is 2.42 bits per heavy atom. The van der Waals surface area contributed by atoms with Gasteiger partial charge < -0.3 is 9.80 Å². The zero-order chi connectivity index (χ0) is 16.4. The molecule has 0 aromatic heterocycles. The fraction of sp³-hybridized carbons (Fsp3) is 0.333. The lowest BCUT2D eigenvalue weighted by atomic mass is 10.1. The van der Waals surface area contributed by atoms with Crippen LogP contribution in [-0.2, 0) is 0 Å². The summed E-state index contributed by atoms with van der Waals surface area (Å²) in [5.74, 6) is 0. The molecule has 2 aliphatic rings. The molecule has 0 aliphatic carbocycles. The van der Waals surface area contributed by atoms with Crippen molar-refractivity contribution in [2.24, 2.45) is 0 Å². The van der Waals surface area contributed by atoms with Gasteiger partial charge in [0.1, 0.15) is 0 Å². The van der Waals surface area contributed by atoms with Gasteiger partial charge >= 0.3 is 0 Å². The van der Waals surface area contributed by atoms with E-state index in [1.54, 1.807) is 0 Å². The maximum absolute atomic E-state index is 6.30. The molecule has 0 unspecified atom stereocenters. The van der Waals surface area contributed by atoms with Crippen LogP contribution >= 0.6 is 11.6 Å². The molecule has 124 valence electrons. The van der Waals surface area contributed by atoms with Crippen molar-refractivity contribution in [1.82, 2.24) is 4.90 Å². The second-order valence-corrected chi connectivity index (χ2v) is 7.09. The molecule has 0 radical (unpaired) electrons. The highest BCUT2D eigenvalue weighted by Crippen LogP contribution is 2.37. The number of nitrogens with zero attached hydrogens (tertiary/aromatic N) is 2. The highest BCUT2D eigenvalue weighted by molar-refractivity contribution is 6.31. The minimum Gasteiger partial charge on any atom is -0.340 e. The van der Waals surface area contributed by atoms with E-state index < -0.39 is 0 Å². The molecule has 4 rings (SSSR count). The zero-order valence-electron chi connectivity index (χ0n) is 13.9. The molecule has 2 aromatic carbocycles. The Morgan fingerprint density at radius 2 is 1.58 bits per heavy atom. The maximum atomic E-state index is 6.30. The smallest absolute Gasteiger partial charge is 0.0499 e. The van der Waals surface area contributed by atoms with Crippen LogP contribution in [0.5, 0.6) is 0 Å². The molecule has 0 bridgehead atoms. The molecule has 2 aromatic rings. The summed E-state index contributed by atoms with van der Waals surface area (Å²) in [5.41, 5.74) is 4.99. The number of hydrogen-bond acceptors (Lipinski definition) is 2. The standard InChI is InChI=1S/C21H23ClN2/c22-19-11-10-18-9-8-17-6-1-2-7-20(17)24(21(18)16-19)15-5-14-23-12-3-4-13-23/h1-2,6-11,16H,3-5,12-15H2. The number of para-hydroxylation sites is 1. The van der Waals surface area contributed by atoms with E-state index in [0.29, 0.717) is 0 Å². The number of anilines is 2.